The fourth-order valence-electron chi connectivity index (χ4n) is 8.62. The highest BCUT2D eigenvalue weighted by molar-refractivity contribution is 6.55. The molecule has 14 heteroatoms. The summed E-state index contributed by atoms with van der Waals surface area (Å²) in [6.45, 7) is 19.3. The molecule has 1 unspecified atom stereocenters. The van der Waals surface area contributed by atoms with Crippen molar-refractivity contribution in [3.8, 4) is 0 Å². The quantitative estimate of drug-likeness (QED) is 0.0973. The fraction of sp³-hybridized carbons (Fsp3) is 0.756. The van der Waals surface area contributed by atoms with Gasteiger partial charge in [-0.2, -0.15) is 0 Å². The number of hydrogen-bond donors (Lipinski definition) is 3. The van der Waals surface area contributed by atoms with Crippen LogP contribution in [0, 0.1) is 23.7 Å². The first-order valence-corrected chi connectivity index (χ1v) is 25.1. The molecular formula is C45H80N6O7Si. The van der Waals surface area contributed by atoms with Gasteiger partial charge in [0.05, 0.1) is 42.7 Å². The molecule has 0 bridgehead atoms. The van der Waals surface area contributed by atoms with E-state index in [1.165, 1.54) is 0 Å². The first-order valence-electron chi connectivity index (χ1n) is 22.0. The third kappa shape index (κ3) is 15.3. The van der Waals surface area contributed by atoms with Crippen LogP contribution in [-0.2, 0) is 39.9 Å². The number of nitrogens with one attached hydrogen (secondary N) is 3. The Kier molecular flexibility index (Phi) is 22.3. The van der Waals surface area contributed by atoms with Gasteiger partial charge in [0.1, 0.15) is 12.1 Å². The Morgan fingerprint density at radius 1 is 0.881 bits per heavy atom. The minimum Gasteiger partial charge on any atom is -0.379 e. The summed E-state index contributed by atoms with van der Waals surface area (Å²) in [6.07, 6.45) is 2.15. The second-order valence-electron chi connectivity index (χ2n) is 18.0. The fourth-order valence-corrected chi connectivity index (χ4v) is 9.64. The SMILES string of the molecule is CC[C@H](C)[C@@H]([C@@H](CC(=O)N1CCC[C@H]1[C@H](OC)[C@@H](C)C(=O)N[C@@H](Cc1ccccc1)C(=O)NCCC[SiH](C)C)OC)N(C)C(=O)[C@@H](NC(=O)C(C(C)C)N(C)C)C(C)C. The molecule has 0 aromatic heterocycles. The predicted octanol–water partition coefficient (Wildman–Crippen LogP) is 4.35. The lowest BCUT2D eigenvalue weighted by Crippen LogP contribution is -2.59. The summed E-state index contributed by atoms with van der Waals surface area (Å²) in [5, 5.41) is 9.12. The highest BCUT2D eigenvalue weighted by atomic mass is 28.3. The van der Waals surface area contributed by atoms with E-state index >= 15 is 0 Å². The molecule has 1 aromatic carbocycles. The zero-order chi connectivity index (χ0) is 44.6. The van der Waals surface area contributed by atoms with Crippen LogP contribution in [0.1, 0.15) is 86.1 Å². The van der Waals surface area contributed by atoms with Crippen molar-refractivity contribution < 1.29 is 33.4 Å². The van der Waals surface area contributed by atoms with E-state index in [4.69, 9.17) is 9.47 Å². The molecule has 59 heavy (non-hydrogen) atoms. The van der Waals surface area contributed by atoms with Gasteiger partial charge in [-0.25, -0.2) is 0 Å². The van der Waals surface area contributed by atoms with Crippen LogP contribution >= 0.6 is 0 Å². The summed E-state index contributed by atoms with van der Waals surface area (Å²) in [5.74, 6) is -1.95. The van der Waals surface area contributed by atoms with Gasteiger partial charge >= 0.3 is 0 Å². The predicted molar refractivity (Wildman–Crippen MR) is 239 cm³/mol. The molecule has 1 aliphatic heterocycles. The molecule has 0 spiro atoms. The maximum atomic E-state index is 14.3. The molecule has 1 fully saturated rings. The number of carbonyl (C=O) groups is 5. The van der Waals surface area contributed by atoms with Gasteiger partial charge in [0.15, 0.2) is 0 Å². The molecule has 0 saturated carbocycles. The normalized spacial score (nSPS) is 18.5. The largest absolute Gasteiger partial charge is 0.379 e. The van der Waals surface area contributed by atoms with E-state index < -0.39 is 51.1 Å². The van der Waals surface area contributed by atoms with Crippen molar-refractivity contribution in [3.05, 3.63) is 35.9 Å². The number of nitrogens with zero attached hydrogens (tertiary/aromatic N) is 3. The lowest BCUT2D eigenvalue weighted by atomic mass is 9.89. The Morgan fingerprint density at radius 2 is 1.53 bits per heavy atom. The average Bonchev–Trinajstić information content (AvgIpc) is 3.67. The van der Waals surface area contributed by atoms with E-state index in [1.54, 1.807) is 38.0 Å². The lowest BCUT2D eigenvalue weighted by molar-refractivity contribution is -0.148. The van der Waals surface area contributed by atoms with Gasteiger partial charge in [0.2, 0.25) is 29.5 Å². The second-order valence-corrected chi connectivity index (χ2v) is 21.4. The van der Waals surface area contributed by atoms with Crippen LogP contribution in [0.4, 0.5) is 0 Å². The Morgan fingerprint density at radius 3 is 2.05 bits per heavy atom. The van der Waals surface area contributed by atoms with Crippen LogP contribution < -0.4 is 16.0 Å². The molecular weight excluding hydrogens is 765 g/mol. The van der Waals surface area contributed by atoms with Gasteiger partial charge in [-0.05, 0) is 56.7 Å². The summed E-state index contributed by atoms with van der Waals surface area (Å²) in [4.78, 5) is 74.9. The molecule has 5 amide bonds. The van der Waals surface area contributed by atoms with Crippen molar-refractivity contribution in [2.75, 3.05) is 48.5 Å². The van der Waals surface area contributed by atoms with Crippen LogP contribution in [-0.4, -0.2) is 144 Å². The van der Waals surface area contributed by atoms with Gasteiger partial charge in [-0.15, -0.1) is 0 Å². The van der Waals surface area contributed by atoms with E-state index in [-0.39, 0.29) is 59.8 Å². The number of hydrogen-bond acceptors (Lipinski definition) is 8. The first kappa shape index (κ1) is 51.8. The van der Waals surface area contributed by atoms with Crippen LogP contribution in [0.15, 0.2) is 30.3 Å². The maximum absolute atomic E-state index is 14.3. The molecule has 1 heterocycles. The summed E-state index contributed by atoms with van der Waals surface area (Å²) in [6, 6.07) is 8.01. The number of likely N-dealkylation sites (N-methyl/N-ethyl adjacent to an activating group) is 2. The molecule has 336 valence electrons. The highest BCUT2D eigenvalue weighted by Gasteiger charge is 2.43. The van der Waals surface area contributed by atoms with E-state index in [2.05, 4.69) is 29.0 Å². The van der Waals surface area contributed by atoms with Crippen molar-refractivity contribution in [2.24, 2.45) is 23.7 Å². The number of likely N-dealkylation sites (tertiary alicyclic amines) is 1. The Balaban J connectivity index is 2.29. The van der Waals surface area contributed by atoms with Crippen molar-refractivity contribution in [2.45, 2.75) is 149 Å². The zero-order valence-electron chi connectivity index (χ0n) is 38.9. The zero-order valence-corrected chi connectivity index (χ0v) is 40.0. The third-order valence-electron chi connectivity index (χ3n) is 12.1. The molecule has 1 aromatic rings. The molecule has 2 rings (SSSR count). The molecule has 1 saturated heterocycles. The molecule has 1 aliphatic rings. The molecule has 13 nitrogen and oxygen atoms in total. The van der Waals surface area contributed by atoms with Gasteiger partial charge in [-0.1, -0.05) is 104 Å². The van der Waals surface area contributed by atoms with Gasteiger partial charge in [0, 0.05) is 49.6 Å². The topological polar surface area (TPSA) is 150 Å². The standard InChI is InChI=1S/C45H80N6O7Si/c1-15-31(6)40(50(10)45(56)38(29(2)3)48-44(55)39(30(4)5)49(8)9)36(57-11)28-37(52)51-25-19-23-35(51)41(58-12)32(7)42(53)47-34(27-33-21-17-16-18-22-33)43(54)46-24-20-26-59(13)14/h16-18,21-22,29-32,34-36,38-41,59H,15,19-20,23-28H2,1-14H3,(H,46,54)(H,47,53)(H,48,55)/t31-,32+,34-,35-,36+,38-,39?,40-,41+/m0/s1. The smallest absolute Gasteiger partial charge is 0.245 e. The minimum atomic E-state index is -0.768. The van der Waals surface area contributed by atoms with Crippen molar-refractivity contribution in [1.82, 2.24) is 30.7 Å². The highest BCUT2D eigenvalue weighted by Crippen LogP contribution is 2.30. The number of rotatable bonds is 25. The number of amides is 5. The van der Waals surface area contributed by atoms with E-state index in [0.29, 0.717) is 25.9 Å². The number of methoxy groups -OCH3 is 2. The van der Waals surface area contributed by atoms with E-state index in [0.717, 1.165) is 30.9 Å². The first-order chi connectivity index (χ1) is 27.8. The Labute approximate surface area is 358 Å². The van der Waals surface area contributed by atoms with Crippen LogP contribution in [0.3, 0.4) is 0 Å². The summed E-state index contributed by atoms with van der Waals surface area (Å²) < 4.78 is 12.1. The average molecular weight is 845 g/mol. The van der Waals surface area contributed by atoms with E-state index in [1.807, 2.05) is 90.9 Å². The summed E-state index contributed by atoms with van der Waals surface area (Å²) in [7, 11) is 7.84. The lowest BCUT2D eigenvalue weighted by Gasteiger charge is -2.41. The molecule has 9 atom stereocenters. The van der Waals surface area contributed by atoms with Crippen LogP contribution in [0.5, 0.6) is 0 Å². The third-order valence-corrected chi connectivity index (χ3v) is 13.7. The number of benzene rings is 1. The van der Waals surface area contributed by atoms with Crippen molar-refractivity contribution in [1.29, 1.82) is 0 Å². The van der Waals surface area contributed by atoms with Crippen molar-refractivity contribution in [3.63, 3.8) is 0 Å². The van der Waals surface area contributed by atoms with Crippen molar-refractivity contribution >= 4 is 38.3 Å². The summed E-state index contributed by atoms with van der Waals surface area (Å²) >= 11 is 0. The Hall–Kier alpha value is -3.33. The molecule has 0 aliphatic carbocycles. The number of ether oxygens (including phenoxy) is 2. The van der Waals surface area contributed by atoms with Gasteiger partial charge < -0.3 is 35.2 Å². The maximum Gasteiger partial charge on any atom is 0.245 e. The second kappa shape index (κ2) is 25.4. The number of carbonyl (C=O) groups excluding carboxylic acids is 5. The van der Waals surface area contributed by atoms with Crippen LogP contribution in [0.25, 0.3) is 0 Å². The molecule has 3 N–H and O–H groups in total. The molecule has 0 radical (unpaired) electrons. The summed E-state index contributed by atoms with van der Waals surface area (Å²) in [5.41, 5.74) is 0.940. The minimum absolute atomic E-state index is 0.0179. The monoisotopic (exact) mass is 845 g/mol. The van der Waals surface area contributed by atoms with Gasteiger partial charge in [-0.3, -0.25) is 28.9 Å². The van der Waals surface area contributed by atoms with Gasteiger partial charge in [0.25, 0.3) is 0 Å². The van der Waals surface area contributed by atoms with Crippen LogP contribution in [0.2, 0.25) is 19.1 Å². The Bertz CT molecular complexity index is 1460. The van der Waals surface area contributed by atoms with E-state index in [9.17, 15) is 24.0 Å².